The molecule has 0 bridgehead atoms. The Morgan fingerprint density at radius 3 is 2.37 bits per heavy atom. The first-order valence-electron chi connectivity index (χ1n) is 13.8. The highest BCUT2D eigenvalue weighted by atomic mass is 19.1. The van der Waals surface area contributed by atoms with Crippen LogP contribution in [0.5, 0.6) is 5.75 Å². The Hall–Kier alpha value is -4.21. The number of carbonyl (C=O) groups is 4. The summed E-state index contributed by atoms with van der Waals surface area (Å²) >= 11 is 0. The molecule has 2 aliphatic heterocycles. The van der Waals surface area contributed by atoms with Gasteiger partial charge in [-0.25, -0.2) is 9.18 Å². The Bertz CT molecular complexity index is 1330. The van der Waals surface area contributed by atoms with Gasteiger partial charge in [-0.1, -0.05) is 26.3 Å². The van der Waals surface area contributed by atoms with Gasteiger partial charge in [-0.3, -0.25) is 24.2 Å². The van der Waals surface area contributed by atoms with Crippen LogP contribution in [0, 0.1) is 24.6 Å². The van der Waals surface area contributed by atoms with Crippen molar-refractivity contribution in [1.82, 2.24) is 15.1 Å². The highest BCUT2D eigenvalue weighted by molar-refractivity contribution is 6.16. The molecule has 2 heterocycles. The molecule has 1 N–H and O–H groups in total. The second-order valence-electron chi connectivity index (χ2n) is 10.8. The zero-order valence-corrected chi connectivity index (χ0v) is 24.1. The highest BCUT2D eigenvalue weighted by Crippen LogP contribution is 2.41. The number of methoxy groups -OCH3 is 1. The number of benzene rings is 2. The number of carbonyl (C=O) groups excluding carboxylic acids is 4. The lowest BCUT2D eigenvalue weighted by Gasteiger charge is -2.43. The number of hydrogen-bond donors (Lipinski definition) is 1. The molecule has 0 aliphatic carbocycles. The average Bonchev–Trinajstić information content (AvgIpc) is 3.14. The van der Waals surface area contributed by atoms with E-state index in [2.05, 4.69) is 5.32 Å². The Kier molecular flexibility index (Phi) is 8.80. The number of likely N-dealkylation sites (N-methyl/N-ethyl adjacent to an activating group) is 1. The molecule has 218 valence electrons. The fourth-order valence-electron chi connectivity index (χ4n) is 5.61. The summed E-state index contributed by atoms with van der Waals surface area (Å²) in [5.74, 6) is -1.23. The maximum absolute atomic E-state index is 13.7. The molecule has 0 aromatic heterocycles. The summed E-state index contributed by atoms with van der Waals surface area (Å²) in [6.45, 7) is 6.26. The summed E-state index contributed by atoms with van der Waals surface area (Å²) in [7, 11) is 3.04. The van der Waals surface area contributed by atoms with Gasteiger partial charge in [0.1, 0.15) is 17.1 Å². The number of hydrogen-bond acceptors (Lipinski definition) is 5. The van der Waals surface area contributed by atoms with E-state index in [4.69, 9.17) is 4.74 Å². The number of halogens is 1. The number of aryl methyl sites for hydroxylation is 1. The zero-order chi connectivity index (χ0) is 29.9. The van der Waals surface area contributed by atoms with Gasteiger partial charge in [0.2, 0.25) is 5.91 Å². The molecule has 0 unspecified atom stereocenters. The van der Waals surface area contributed by atoms with Crippen molar-refractivity contribution in [2.45, 2.75) is 45.6 Å². The van der Waals surface area contributed by atoms with Crippen molar-refractivity contribution in [3.63, 3.8) is 0 Å². The molecule has 41 heavy (non-hydrogen) atoms. The molecule has 2 atom stereocenters. The number of amides is 5. The van der Waals surface area contributed by atoms with Gasteiger partial charge in [0.05, 0.1) is 13.0 Å². The zero-order valence-electron chi connectivity index (χ0n) is 24.1. The van der Waals surface area contributed by atoms with E-state index in [9.17, 15) is 23.6 Å². The van der Waals surface area contributed by atoms with Crippen molar-refractivity contribution >= 4 is 29.4 Å². The van der Waals surface area contributed by atoms with Gasteiger partial charge in [0.25, 0.3) is 11.8 Å². The lowest BCUT2D eigenvalue weighted by atomic mass is 9.84. The topological polar surface area (TPSA) is 99.3 Å². The summed E-state index contributed by atoms with van der Waals surface area (Å²) in [5.41, 5.74) is 0.351. The number of nitrogens with zero attached hydrogens (tertiary/aromatic N) is 3. The lowest BCUT2D eigenvalue weighted by molar-refractivity contribution is -0.140. The summed E-state index contributed by atoms with van der Waals surface area (Å²) in [6.07, 6.45) is 4.45. The number of nitrogens with one attached hydrogen (secondary N) is 1. The Labute approximate surface area is 239 Å². The first kappa shape index (κ1) is 29.8. The molecular weight excluding hydrogens is 527 g/mol. The summed E-state index contributed by atoms with van der Waals surface area (Å²) in [4.78, 5) is 57.2. The van der Waals surface area contributed by atoms with Crippen molar-refractivity contribution in [3.05, 3.63) is 71.7 Å². The molecule has 1 spiro atoms. The second kappa shape index (κ2) is 12.1. The van der Waals surface area contributed by atoms with Gasteiger partial charge in [0.15, 0.2) is 0 Å². The van der Waals surface area contributed by atoms with E-state index in [0.717, 1.165) is 11.3 Å². The van der Waals surface area contributed by atoms with Crippen LogP contribution in [0.25, 0.3) is 0 Å². The number of rotatable bonds is 8. The molecular formula is C31H37FN4O5. The third-order valence-electron chi connectivity index (χ3n) is 8.21. The van der Waals surface area contributed by atoms with Crippen LogP contribution < -0.4 is 15.0 Å². The third kappa shape index (κ3) is 5.82. The SMILES string of the molecule is CC[C@@H](C)[C@@H](/C=C/NC(=O)c1cc(C)cc(F)c1)C(=O)N1CCC2(CC1)C(=O)N(C)C(=O)N2c1ccc(OC)cc1. The largest absolute Gasteiger partial charge is 0.497 e. The van der Waals surface area contributed by atoms with Gasteiger partial charge >= 0.3 is 6.03 Å². The minimum Gasteiger partial charge on any atom is -0.497 e. The van der Waals surface area contributed by atoms with E-state index in [0.29, 0.717) is 42.9 Å². The smallest absolute Gasteiger partial charge is 0.331 e. The van der Waals surface area contributed by atoms with Crippen LogP contribution in [0.3, 0.4) is 0 Å². The van der Waals surface area contributed by atoms with E-state index in [1.54, 1.807) is 60.2 Å². The van der Waals surface area contributed by atoms with Crippen LogP contribution in [0.1, 0.15) is 49.0 Å². The van der Waals surface area contributed by atoms with Crippen molar-refractivity contribution in [2.75, 3.05) is 32.1 Å². The number of imide groups is 1. The molecule has 2 aromatic carbocycles. The normalized spacial score (nSPS) is 18.2. The number of ether oxygens (including phenoxy) is 1. The summed E-state index contributed by atoms with van der Waals surface area (Å²) < 4.78 is 19.0. The van der Waals surface area contributed by atoms with Crippen molar-refractivity contribution in [2.24, 2.45) is 11.8 Å². The predicted octanol–water partition coefficient (Wildman–Crippen LogP) is 4.51. The van der Waals surface area contributed by atoms with Crippen molar-refractivity contribution in [3.8, 4) is 5.75 Å². The number of likely N-dealkylation sites (tertiary alicyclic amines) is 1. The van der Waals surface area contributed by atoms with E-state index in [1.807, 2.05) is 13.8 Å². The van der Waals surface area contributed by atoms with Crippen LogP contribution in [0.4, 0.5) is 14.9 Å². The molecule has 4 rings (SSSR count). The minimum atomic E-state index is -1.07. The number of anilines is 1. The van der Waals surface area contributed by atoms with E-state index < -0.39 is 29.2 Å². The van der Waals surface area contributed by atoms with E-state index in [-0.39, 0.29) is 23.3 Å². The van der Waals surface area contributed by atoms with Crippen LogP contribution in [0.2, 0.25) is 0 Å². The van der Waals surface area contributed by atoms with Gasteiger partial charge in [-0.2, -0.15) is 0 Å². The predicted molar refractivity (Wildman–Crippen MR) is 153 cm³/mol. The first-order chi connectivity index (χ1) is 19.5. The maximum Gasteiger partial charge on any atom is 0.331 e. The highest BCUT2D eigenvalue weighted by Gasteiger charge is 2.58. The molecule has 5 amide bonds. The van der Waals surface area contributed by atoms with Crippen molar-refractivity contribution in [1.29, 1.82) is 0 Å². The third-order valence-corrected chi connectivity index (χ3v) is 8.21. The molecule has 2 saturated heterocycles. The second-order valence-corrected chi connectivity index (χ2v) is 10.8. The van der Waals surface area contributed by atoms with Crippen LogP contribution in [0.15, 0.2) is 54.7 Å². The monoisotopic (exact) mass is 564 g/mol. The molecule has 0 saturated carbocycles. The van der Waals surface area contributed by atoms with E-state index in [1.165, 1.54) is 25.4 Å². The van der Waals surface area contributed by atoms with Gasteiger partial charge in [0, 0.05) is 37.6 Å². The fraction of sp³-hybridized carbons (Fsp3) is 0.419. The van der Waals surface area contributed by atoms with E-state index >= 15 is 0 Å². The summed E-state index contributed by atoms with van der Waals surface area (Å²) in [6, 6.07) is 10.7. The fourth-order valence-corrected chi connectivity index (χ4v) is 5.61. The van der Waals surface area contributed by atoms with Gasteiger partial charge in [-0.15, -0.1) is 0 Å². The van der Waals surface area contributed by atoms with Gasteiger partial charge in [-0.05, 0) is 73.7 Å². The molecule has 2 aromatic rings. The maximum atomic E-state index is 13.7. The number of urea groups is 1. The van der Waals surface area contributed by atoms with Crippen molar-refractivity contribution < 1.29 is 28.3 Å². The molecule has 0 radical (unpaired) electrons. The lowest BCUT2D eigenvalue weighted by Crippen LogP contribution is -2.58. The van der Waals surface area contributed by atoms with Crippen LogP contribution in [-0.4, -0.2) is 66.3 Å². The molecule has 10 heteroatoms. The Morgan fingerprint density at radius 1 is 1.12 bits per heavy atom. The average molecular weight is 565 g/mol. The molecule has 9 nitrogen and oxygen atoms in total. The van der Waals surface area contributed by atoms with Crippen LogP contribution >= 0.6 is 0 Å². The number of piperidine rings is 1. The Morgan fingerprint density at radius 2 is 1.78 bits per heavy atom. The quantitative estimate of drug-likeness (QED) is 0.476. The minimum absolute atomic E-state index is 0.0143. The van der Waals surface area contributed by atoms with Gasteiger partial charge < -0.3 is 15.0 Å². The standard InChI is InChI=1S/C31H37FN4O5/c1-6-21(3)26(11-14-33-27(37)22-17-20(2)18-23(32)19-22)28(38)35-15-12-31(13-16-35)29(39)34(4)30(40)36(31)24-7-9-25(41-5)10-8-24/h7-11,14,17-19,21,26H,6,12-13,15-16H2,1-5H3,(H,33,37)/b14-11+/t21-,26-/m1/s1. The Balaban J connectivity index is 1.48. The first-order valence-corrected chi connectivity index (χ1v) is 13.8. The van der Waals surface area contributed by atoms with Crippen LogP contribution in [-0.2, 0) is 9.59 Å². The summed E-state index contributed by atoms with van der Waals surface area (Å²) in [5, 5.41) is 2.65. The molecule has 2 fully saturated rings. The molecule has 2 aliphatic rings.